The zero-order valence-corrected chi connectivity index (χ0v) is 15.7. The van der Waals surface area contributed by atoms with Crippen molar-refractivity contribution in [1.82, 2.24) is 14.5 Å². The molecule has 3 heterocycles. The van der Waals surface area contributed by atoms with Gasteiger partial charge in [0.15, 0.2) is 11.5 Å². The molecule has 0 aliphatic carbocycles. The molecule has 5 nitrogen and oxygen atoms in total. The van der Waals surface area contributed by atoms with Crippen LogP contribution >= 0.6 is 15.9 Å². The average Bonchev–Trinajstić information content (AvgIpc) is 3.24. The van der Waals surface area contributed by atoms with E-state index in [1.165, 1.54) is 0 Å². The molecule has 2 aromatic heterocycles. The third-order valence-corrected chi connectivity index (χ3v) is 5.22. The Labute approximate surface area is 154 Å². The van der Waals surface area contributed by atoms with Crippen molar-refractivity contribution in [2.45, 2.75) is 32.2 Å². The number of carbonyl (C=O) groups excluding carboxylic acids is 1. The number of para-hydroxylation sites is 2. The lowest BCUT2D eigenvalue weighted by atomic mass is 9.97. The summed E-state index contributed by atoms with van der Waals surface area (Å²) >= 11 is 3.47. The maximum atomic E-state index is 13.0. The Morgan fingerprint density at radius 1 is 1.40 bits per heavy atom. The maximum absolute atomic E-state index is 13.0. The third-order valence-electron chi connectivity index (χ3n) is 4.79. The molecule has 1 atom stereocenters. The van der Waals surface area contributed by atoms with Crippen LogP contribution in [0.5, 0.6) is 0 Å². The second-order valence-electron chi connectivity index (χ2n) is 6.44. The lowest BCUT2D eigenvalue weighted by molar-refractivity contribution is 0.0688. The van der Waals surface area contributed by atoms with E-state index in [1.807, 2.05) is 52.9 Å². The topological polar surface area (TPSA) is 51.3 Å². The Morgan fingerprint density at radius 3 is 3.04 bits per heavy atom. The molecule has 1 aromatic carbocycles. The van der Waals surface area contributed by atoms with E-state index in [0.717, 1.165) is 53.1 Å². The van der Waals surface area contributed by atoms with Crippen molar-refractivity contribution in [3.8, 4) is 0 Å². The van der Waals surface area contributed by atoms with Crippen molar-refractivity contribution >= 4 is 32.9 Å². The zero-order chi connectivity index (χ0) is 17.4. The van der Waals surface area contributed by atoms with E-state index < -0.39 is 0 Å². The van der Waals surface area contributed by atoms with Crippen LogP contribution in [-0.4, -0.2) is 33.4 Å². The molecule has 0 spiro atoms. The number of oxazole rings is 1. The quantitative estimate of drug-likeness (QED) is 0.651. The summed E-state index contributed by atoms with van der Waals surface area (Å²) in [5.74, 6) is 0.970. The number of piperidine rings is 1. The van der Waals surface area contributed by atoms with Crippen molar-refractivity contribution in [1.29, 1.82) is 0 Å². The lowest BCUT2D eigenvalue weighted by Crippen LogP contribution is -2.40. The van der Waals surface area contributed by atoms with Crippen LogP contribution in [0.15, 0.2) is 45.4 Å². The number of hydrogen-bond donors (Lipinski definition) is 0. The summed E-state index contributed by atoms with van der Waals surface area (Å²) in [6.45, 7) is 4.25. The van der Waals surface area contributed by atoms with Gasteiger partial charge in [0.1, 0.15) is 11.2 Å². The average molecular weight is 402 g/mol. The molecule has 0 bridgehead atoms. The summed E-state index contributed by atoms with van der Waals surface area (Å²) in [5, 5.41) is 0. The molecule has 6 heteroatoms. The van der Waals surface area contributed by atoms with Gasteiger partial charge in [0.25, 0.3) is 5.91 Å². The number of amides is 1. The Balaban J connectivity index is 1.57. The smallest absolute Gasteiger partial charge is 0.270 e. The van der Waals surface area contributed by atoms with Gasteiger partial charge < -0.3 is 13.9 Å². The van der Waals surface area contributed by atoms with Gasteiger partial charge in [0.05, 0.1) is 5.92 Å². The summed E-state index contributed by atoms with van der Waals surface area (Å²) in [6, 6.07) is 9.70. The summed E-state index contributed by atoms with van der Waals surface area (Å²) < 4.78 is 8.85. The van der Waals surface area contributed by atoms with Crippen molar-refractivity contribution in [3.63, 3.8) is 0 Å². The normalized spacial score (nSPS) is 18.0. The molecule has 4 rings (SSSR count). The Kier molecular flexibility index (Phi) is 4.37. The molecular formula is C19H20BrN3O2. The summed E-state index contributed by atoms with van der Waals surface area (Å²) in [4.78, 5) is 19.5. The van der Waals surface area contributed by atoms with Crippen molar-refractivity contribution in [3.05, 3.63) is 52.6 Å². The minimum atomic E-state index is 0.0772. The third kappa shape index (κ3) is 3.11. The van der Waals surface area contributed by atoms with E-state index in [2.05, 4.69) is 20.9 Å². The number of nitrogens with zero attached hydrogens (tertiary/aromatic N) is 3. The lowest BCUT2D eigenvalue weighted by Gasteiger charge is -2.31. The molecule has 1 unspecified atom stereocenters. The molecule has 0 saturated carbocycles. The number of aromatic nitrogens is 2. The minimum absolute atomic E-state index is 0.0772. The number of fused-ring (bicyclic) bond motifs is 1. The first-order valence-corrected chi connectivity index (χ1v) is 9.45. The monoisotopic (exact) mass is 401 g/mol. The van der Waals surface area contributed by atoms with Gasteiger partial charge in [-0.25, -0.2) is 4.98 Å². The fourth-order valence-corrected chi connectivity index (χ4v) is 3.97. The standard InChI is InChI=1S/C19H20BrN3O2/c1-2-22-12-14(20)10-16(22)19(24)23-9-5-6-13(11-23)18-21-15-7-3-4-8-17(15)25-18/h3-4,7-8,10,12-13H,2,5-6,9,11H2,1H3. The van der Waals surface area contributed by atoms with Gasteiger partial charge in [-0.1, -0.05) is 12.1 Å². The van der Waals surface area contributed by atoms with Gasteiger partial charge in [0, 0.05) is 30.3 Å². The van der Waals surface area contributed by atoms with Crippen LogP contribution in [-0.2, 0) is 6.54 Å². The molecule has 1 fully saturated rings. The number of hydrogen-bond acceptors (Lipinski definition) is 3. The Hall–Kier alpha value is -2.08. The van der Waals surface area contributed by atoms with E-state index in [0.29, 0.717) is 6.54 Å². The molecule has 1 saturated heterocycles. The van der Waals surface area contributed by atoms with Crippen LogP contribution in [0, 0.1) is 0 Å². The highest BCUT2D eigenvalue weighted by Crippen LogP contribution is 2.30. The second kappa shape index (κ2) is 6.67. The first kappa shape index (κ1) is 16.4. The predicted molar refractivity (Wildman–Crippen MR) is 99.7 cm³/mol. The molecule has 130 valence electrons. The van der Waals surface area contributed by atoms with Crippen LogP contribution in [0.4, 0.5) is 0 Å². The van der Waals surface area contributed by atoms with Gasteiger partial charge in [-0.15, -0.1) is 0 Å². The molecule has 0 radical (unpaired) electrons. The number of carbonyl (C=O) groups is 1. The van der Waals surface area contributed by atoms with Gasteiger partial charge in [-0.2, -0.15) is 0 Å². The van der Waals surface area contributed by atoms with E-state index >= 15 is 0 Å². The Morgan fingerprint density at radius 2 is 2.24 bits per heavy atom. The number of aryl methyl sites for hydroxylation is 1. The van der Waals surface area contributed by atoms with Crippen molar-refractivity contribution in [2.75, 3.05) is 13.1 Å². The van der Waals surface area contributed by atoms with Crippen LogP contribution in [0.2, 0.25) is 0 Å². The fourth-order valence-electron chi connectivity index (χ4n) is 3.51. The van der Waals surface area contributed by atoms with Crippen molar-refractivity contribution < 1.29 is 9.21 Å². The van der Waals surface area contributed by atoms with Gasteiger partial charge in [0.2, 0.25) is 0 Å². The molecule has 1 aliphatic rings. The molecule has 0 N–H and O–H groups in total. The summed E-state index contributed by atoms with van der Waals surface area (Å²) in [5.41, 5.74) is 2.42. The van der Waals surface area contributed by atoms with Gasteiger partial charge in [-0.3, -0.25) is 4.79 Å². The summed E-state index contributed by atoms with van der Waals surface area (Å²) in [7, 11) is 0. The molecule has 1 aliphatic heterocycles. The van der Waals surface area contributed by atoms with E-state index in [1.54, 1.807) is 0 Å². The largest absolute Gasteiger partial charge is 0.440 e. The van der Waals surface area contributed by atoms with Crippen LogP contribution in [0.1, 0.15) is 42.1 Å². The van der Waals surface area contributed by atoms with Crippen LogP contribution in [0.25, 0.3) is 11.1 Å². The number of likely N-dealkylation sites (tertiary alicyclic amines) is 1. The molecular weight excluding hydrogens is 382 g/mol. The number of halogens is 1. The summed E-state index contributed by atoms with van der Waals surface area (Å²) in [6.07, 6.45) is 3.91. The van der Waals surface area contributed by atoms with Crippen LogP contribution in [0.3, 0.4) is 0 Å². The van der Waals surface area contributed by atoms with E-state index in [-0.39, 0.29) is 11.8 Å². The number of benzene rings is 1. The zero-order valence-electron chi connectivity index (χ0n) is 14.1. The van der Waals surface area contributed by atoms with Gasteiger partial charge in [-0.05, 0) is 53.9 Å². The minimum Gasteiger partial charge on any atom is -0.440 e. The highest BCUT2D eigenvalue weighted by atomic mass is 79.9. The number of rotatable bonds is 3. The first-order valence-electron chi connectivity index (χ1n) is 8.66. The molecule has 1 amide bonds. The highest BCUT2D eigenvalue weighted by molar-refractivity contribution is 9.10. The van der Waals surface area contributed by atoms with Crippen LogP contribution < -0.4 is 0 Å². The molecule has 25 heavy (non-hydrogen) atoms. The SMILES string of the molecule is CCn1cc(Br)cc1C(=O)N1CCCC(c2nc3ccccc3o2)C1. The highest BCUT2D eigenvalue weighted by Gasteiger charge is 2.29. The van der Waals surface area contributed by atoms with E-state index in [4.69, 9.17) is 4.42 Å². The first-order chi connectivity index (χ1) is 12.2. The molecule has 3 aromatic rings. The van der Waals surface area contributed by atoms with E-state index in [9.17, 15) is 4.79 Å². The van der Waals surface area contributed by atoms with Crippen molar-refractivity contribution in [2.24, 2.45) is 0 Å². The Bertz CT molecular complexity index is 881. The maximum Gasteiger partial charge on any atom is 0.270 e. The van der Waals surface area contributed by atoms with Gasteiger partial charge >= 0.3 is 0 Å². The fraction of sp³-hybridized carbons (Fsp3) is 0.368. The second-order valence-corrected chi connectivity index (χ2v) is 7.36. The predicted octanol–water partition coefficient (Wildman–Crippen LogP) is 4.43.